The van der Waals surface area contributed by atoms with Gasteiger partial charge in [-0.3, -0.25) is 11.3 Å². The number of methoxy groups -OCH3 is 1. The maximum atomic E-state index is 12.9. The standard InChI is InChI=1S/C14H23FN2O/c1-14(2,3)13(18-4)12(17-16)9-10-5-7-11(15)8-6-10/h5-8,12-13,17H,9,16H2,1-4H3. The van der Waals surface area contributed by atoms with Crippen molar-refractivity contribution in [3.05, 3.63) is 35.6 Å². The fraction of sp³-hybridized carbons (Fsp3) is 0.571. The van der Waals surface area contributed by atoms with Crippen LogP contribution >= 0.6 is 0 Å². The Bertz CT molecular complexity index is 359. The van der Waals surface area contributed by atoms with Gasteiger partial charge in [-0.1, -0.05) is 32.9 Å². The number of benzene rings is 1. The van der Waals surface area contributed by atoms with E-state index in [1.807, 2.05) is 0 Å². The van der Waals surface area contributed by atoms with Gasteiger partial charge in [0.15, 0.2) is 0 Å². The molecule has 3 N–H and O–H groups in total. The number of hydrogen-bond donors (Lipinski definition) is 2. The molecule has 1 rings (SSSR count). The first-order chi connectivity index (χ1) is 8.38. The van der Waals surface area contributed by atoms with Gasteiger partial charge in [-0.15, -0.1) is 0 Å². The Morgan fingerprint density at radius 3 is 2.22 bits per heavy atom. The van der Waals surface area contributed by atoms with Crippen molar-refractivity contribution in [1.29, 1.82) is 0 Å². The summed E-state index contributed by atoms with van der Waals surface area (Å²) in [4.78, 5) is 0. The number of halogens is 1. The van der Waals surface area contributed by atoms with E-state index in [4.69, 9.17) is 10.6 Å². The molecule has 0 aliphatic heterocycles. The lowest BCUT2D eigenvalue weighted by Crippen LogP contribution is -2.51. The van der Waals surface area contributed by atoms with E-state index in [1.54, 1.807) is 19.2 Å². The molecule has 0 spiro atoms. The van der Waals surface area contributed by atoms with Gasteiger partial charge in [0.25, 0.3) is 0 Å². The van der Waals surface area contributed by atoms with E-state index in [9.17, 15) is 4.39 Å². The van der Waals surface area contributed by atoms with Crippen LogP contribution in [0.2, 0.25) is 0 Å². The highest BCUT2D eigenvalue weighted by atomic mass is 19.1. The molecule has 3 nitrogen and oxygen atoms in total. The third-order valence-corrected chi connectivity index (χ3v) is 3.06. The minimum Gasteiger partial charge on any atom is -0.379 e. The molecule has 0 amide bonds. The van der Waals surface area contributed by atoms with Crippen LogP contribution in [0.3, 0.4) is 0 Å². The molecule has 0 bridgehead atoms. The van der Waals surface area contributed by atoms with Crippen LogP contribution in [-0.2, 0) is 11.2 Å². The summed E-state index contributed by atoms with van der Waals surface area (Å²) in [5, 5.41) is 0. The van der Waals surface area contributed by atoms with Crippen LogP contribution in [-0.4, -0.2) is 19.3 Å². The quantitative estimate of drug-likeness (QED) is 0.626. The van der Waals surface area contributed by atoms with E-state index in [2.05, 4.69) is 26.2 Å². The summed E-state index contributed by atoms with van der Waals surface area (Å²) in [5.74, 6) is 5.39. The van der Waals surface area contributed by atoms with Gasteiger partial charge in [0.2, 0.25) is 0 Å². The van der Waals surface area contributed by atoms with Crippen LogP contribution < -0.4 is 11.3 Å². The molecule has 0 radical (unpaired) electrons. The lowest BCUT2D eigenvalue weighted by Gasteiger charge is -2.35. The Balaban J connectivity index is 2.80. The second kappa shape index (κ2) is 6.27. The van der Waals surface area contributed by atoms with Gasteiger partial charge in [0.1, 0.15) is 5.82 Å². The third-order valence-electron chi connectivity index (χ3n) is 3.06. The van der Waals surface area contributed by atoms with E-state index < -0.39 is 0 Å². The highest BCUT2D eigenvalue weighted by Gasteiger charge is 2.31. The molecule has 102 valence electrons. The van der Waals surface area contributed by atoms with Crippen LogP contribution in [0.1, 0.15) is 26.3 Å². The fourth-order valence-electron chi connectivity index (χ4n) is 2.25. The van der Waals surface area contributed by atoms with Crippen molar-refractivity contribution in [2.24, 2.45) is 11.3 Å². The average molecular weight is 254 g/mol. The van der Waals surface area contributed by atoms with Crippen molar-refractivity contribution in [2.75, 3.05) is 7.11 Å². The zero-order chi connectivity index (χ0) is 13.8. The smallest absolute Gasteiger partial charge is 0.123 e. The second-order valence-electron chi connectivity index (χ2n) is 5.63. The van der Waals surface area contributed by atoms with Crippen molar-refractivity contribution in [2.45, 2.75) is 39.3 Å². The number of nitrogens with two attached hydrogens (primary N) is 1. The van der Waals surface area contributed by atoms with Gasteiger partial charge in [-0.2, -0.15) is 0 Å². The third kappa shape index (κ3) is 4.05. The minimum absolute atomic E-state index is 0.0135. The Hall–Kier alpha value is -0.970. The number of nitrogens with one attached hydrogen (secondary N) is 1. The first-order valence-corrected chi connectivity index (χ1v) is 6.12. The van der Waals surface area contributed by atoms with E-state index in [-0.39, 0.29) is 23.4 Å². The predicted octanol–water partition coefficient (Wildman–Crippen LogP) is 2.26. The van der Waals surface area contributed by atoms with E-state index in [0.717, 1.165) is 5.56 Å². The van der Waals surface area contributed by atoms with Gasteiger partial charge in [-0.05, 0) is 29.5 Å². The van der Waals surface area contributed by atoms with Crippen LogP contribution in [0.25, 0.3) is 0 Å². The normalized spacial score (nSPS) is 15.4. The molecule has 0 saturated heterocycles. The second-order valence-corrected chi connectivity index (χ2v) is 5.63. The Kier molecular flexibility index (Phi) is 5.26. The van der Waals surface area contributed by atoms with E-state index in [0.29, 0.717) is 6.42 Å². The molecule has 0 aliphatic rings. The Labute approximate surface area is 108 Å². The summed E-state index contributed by atoms with van der Waals surface area (Å²) in [7, 11) is 1.69. The molecule has 0 aromatic heterocycles. The molecule has 0 fully saturated rings. The molecule has 1 aromatic rings. The molecule has 18 heavy (non-hydrogen) atoms. The number of ether oxygens (including phenoxy) is 1. The number of hydrogen-bond acceptors (Lipinski definition) is 3. The van der Waals surface area contributed by atoms with Crippen molar-refractivity contribution < 1.29 is 9.13 Å². The van der Waals surface area contributed by atoms with Crippen molar-refractivity contribution in [3.63, 3.8) is 0 Å². The zero-order valence-corrected chi connectivity index (χ0v) is 11.5. The highest BCUT2D eigenvalue weighted by Crippen LogP contribution is 2.25. The van der Waals surface area contributed by atoms with Crippen molar-refractivity contribution in [1.82, 2.24) is 5.43 Å². The summed E-state index contributed by atoms with van der Waals surface area (Å²) in [5.41, 5.74) is 3.81. The molecule has 1 aromatic carbocycles. The van der Waals surface area contributed by atoms with Crippen molar-refractivity contribution >= 4 is 0 Å². The molecule has 4 heteroatoms. The first kappa shape index (κ1) is 15.1. The summed E-state index contributed by atoms with van der Waals surface area (Å²) in [6, 6.07) is 6.45. The van der Waals surface area contributed by atoms with Gasteiger partial charge in [-0.25, -0.2) is 4.39 Å². The Morgan fingerprint density at radius 1 is 1.28 bits per heavy atom. The molecular formula is C14H23FN2O. The monoisotopic (exact) mass is 254 g/mol. The first-order valence-electron chi connectivity index (χ1n) is 6.12. The largest absolute Gasteiger partial charge is 0.379 e. The average Bonchev–Trinajstić information content (AvgIpc) is 2.29. The topological polar surface area (TPSA) is 47.3 Å². The van der Waals surface area contributed by atoms with Crippen LogP contribution in [0.5, 0.6) is 0 Å². The lowest BCUT2D eigenvalue weighted by molar-refractivity contribution is -0.0110. The van der Waals surface area contributed by atoms with Crippen LogP contribution in [0.15, 0.2) is 24.3 Å². The summed E-state index contributed by atoms with van der Waals surface area (Å²) >= 11 is 0. The van der Waals surface area contributed by atoms with Gasteiger partial charge in [0.05, 0.1) is 12.1 Å². The number of rotatable bonds is 5. The summed E-state index contributed by atoms with van der Waals surface area (Å²) in [6.07, 6.45) is 0.680. The summed E-state index contributed by atoms with van der Waals surface area (Å²) in [6.45, 7) is 6.32. The molecular weight excluding hydrogens is 231 g/mol. The predicted molar refractivity (Wildman–Crippen MR) is 71.5 cm³/mol. The molecule has 2 unspecified atom stereocenters. The molecule has 0 aliphatic carbocycles. The van der Waals surface area contributed by atoms with Gasteiger partial charge < -0.3 is 4.74 Å². The molecule has 0 heterocycles. The lowest BCUT2D eigenvalue weighted by atomic mass is 9.82. The molecule has 2 atom stereocenters. The van der Waals surface area contributed by atoms with Gasteiger partial charge in [0, 0.05) is 7.11 Å². The molecule has 0 saturated carbocycles. The van der Waals surface area contributed by atoms with Crippen LogP contribution in [0.4, 0.5) is 4.39 Å². The van der Waals surface area contributed by atoms with Crippen molar-refractivity contribution in [3.8, 4) is 0 Å². The summed E-state index contributed by atoms with van der Waals surface area (Å²) < 4.78 is 18.4. The zero-order valence-electron chi connectivity index (χ0n) is 11.5. The SMILES string of the molecule is COC(C(Cc1ccc(F)cc1)NN)C(C)(C)C. The van der Waals surface area contributed by atoms with E-state index in [1.165, 1.54) is 12.1 Å². The van der Waals surface area contributed by atoms with Crippen LogP contribution in [0, 0.1) is 11.2 Å². The Morgan fingerprint density at radius 2 is 1.83 bits per heavy atom. The highest BCUT2D eigenvalue weighted by molar-refractivity contribution is 5.17. The van der Waals surface area contributed by atoms with E-state index >= 15 is 0 Å². The maximum Gasteiger partial charge on any atom is 0.123 e. The fourth-order valence-corrected chi connectivity index (χ4v) is 2.25. The minimum atomic E-state index is -0.227. The number of hydrazine groups is 1. The van der Waals surface area contributed by atoms with Gasteiger partial charge >= 0.3 is 0 Å². The maximum absolute atomic E-state index is 12.9.